The van der Waals surface area contributed by atoms with E-state index in [1.807, 2.05) is 13.8 Å². The molecule has 0 aromatic heterocycles. The van der Waals surface area contributed by atoms with Crippen molar-refractivity contribution in [1.82, 2.24) is 0 Å². The number of hydrogen-bond donors (Lipinski definition) is 2. The lowest BCUT2D eigenvalue weighted by atomic mass is 9.88. The van der Waals surface area contributed by atoms with Gasteiger partial charge in [0.2, 0.25) is 0 Å². The number of hydrogen-bond acceptors (Lipinski definition) is 5. The van der Waals surface area contributed by atoms with Crippen molar-refractivity contribution in [3.8, 4) is 0 Å². The Morgan fingerprint density at radius 2 is 1.11 bits per heavy atom. The maximum Gasteiger partial charge on any atom is 0.0921 e. The molecule has 8 unspecified atom stereocenters. The van der Waals surface area contributed by atoms with Gasteiger partial charge >= 0.3 is 0 Å². The highest BCUT2D eigenvalue weighted by atomic mass is 16.6. The minimum absolute atomic E-state index is 0.00346. The summed E-state index contributed by atoms with van der Waals surface area (Å²) in [6, 6.07) is 0. The molecule has 3 heterocycles. The second-order valence-electron chi connectivity index (χ2n) is 13.0. The molecule has 3 aliphatic rings. The van der Waals surface area contributed by atoms with Gasteiger partial charge in [-0.25, -0.2) is 0 Å². The molecule has 8 atom stereocenters. The summed E-state index contributed by atoms with van der Waals surface area (Å²) in [6.45, 7) is 16.5. The van der Waals surface area contributed by atoms with E-state index in [1.54, 1.807) is 0 Å². The van der Waals surface area contributed by atoms with Gasteiger partial charge in [0.1, 0.15) is 0 Å². The molecule has 3 aliphatic heterocycles. The smallest absolute Gasteiger partial charge is 0.0921 e. The van der Waals surface area contributed by atoms with Gasteiger partial charge in [-0.05, 0) is 120 Å². The van der Waals surface area contributed by atoms with E-state index in [9.17, 15) is 10.2 Å². The second-order valence-corrected chi connectivity index (χ2v) is 13.0. The van der Waals surface area contributed by atoms with Gasteiger partial charge in [0.15, 0.2) is 0 Å². The standard InChI is InChI=1S/C30H52O5/c1-21(2)11-9-17-27(5,31)23-15-19-29(7,34-23)25-13-14-26(33-25)30(8)20-16-24(35-30)28(6,32)18-10-12-22(3)4/h11-12,23-26,31-32H,9-10,13-20H2,1-8H3. The highest BCUT2D eigenvalue weighted by molar-refractivity contribution is 5.05. The third-order valence-electron chi connectivity index (χ3n) is 8.80. The van der Waals surface area contributed by atoms with Gasteiger partial charge in [-0.1, -0.05) is 23.3 Å². The van der Waals surface area contributed by atoms with Gasteiger partial charge < -0.3 is 24.4 Å². The van der Waals surface area contributed by atoms with Crippen molar-refractivity contribution >= 4 is 0 Å². The van der Waals surface area contributed by atoms with E-state index in [-0.39, 0.29) is 35.6 Å². The van der Waals surface area contributed by atoms with Crippen LogP contribution in [0, 0.1) is 0 Å². The van der Waals surface area contributed by atoms with E-state index in [1.165, 1.54) is 11.1 Å². The van der Waals surface area contributed by atoms with Gasteiger partial charge in [-0.2, -0.15) is 0 Å². The van der Waals surface area contributed by atoms with Crippen molar-refractivity contribution < 1.29 is 24.4 Å². The van der Waals surface area contributed by atoms with E-state index in [0.717, 1.165) is 51.4 Å². The van der Waals surface area contributed by atoms with Gasteiger partial charge in [-0.3, -0.25) is 0 Å². The summed E-state index contributed by atoms with van der Waals surface area (Å²) in [5.74, 6) is 0. The van der Waals surface area contributed by atoms with Crippen molar-refractivity contribution in [3.63, 3.8) is 0 Å². The molecule has 0 spiro atoms. The first-order valence-electron chi connectivity index (χ1n) is 13.9. The molecule has 3 rings (SSSR count). The SMILES string of the molecule is CC(C)=CCCC(C)(O)C1CCC(C)(C2CCC(C3(C)CCC(C(C)(O)CCC=C(C)C)O3)O2)O1. The topological polar surface area (TPSA) is 68.2 Å². The quantitative estimate of drug-likeness (QED) is 0.345. The fraction of sp³-hybridized carbons (Fsp3) is 0.867. The Morgan fingerprint density at radius 3 is 1.46 bits per heavy atom. The first-order chi connectivity index (χ1) is 16.2. The summed E-state index contributed by atoms with van der Waals surface area (Å²) in [7, 11) is 0. The van der Waals surface area contributed by atoms with Crippen LogP contribution in [0.1, 0.15) is 120 Å². The number of allylic oxidation sites excluding steroid dienone is 4. The van der Waals surface area contributed by atoms with E-state index in [0.29, 0.717) is 12.8 Å². The van der Waals surface area contributed by atoms with Crippen molar-refractivity contribution in [3.05, 3.63) is 23.3 Å². The second kappa shape index (κ2) is 10.9. The minimum atomic E-state index is -0.841. The van der Waals surface area contributed by atoms with Crippen molar-refractivity contribution in [2.45, 2.75) is 166 Å². The summed E-state index contributed by atoms with van der Waals surface area (Å²) in [5.41, 5.74) is 0.109. The Balaban J connectivity index is 1.56. The summed E-state index contributed by atoms with van der Waals surface area (Å²) >= 11 is 0. The third-order valence-corrected chi connectivity index (χ3v) is 8.80. The molecular formula is C30H52O5. The van der Waals surface area contributed by atoms with Crippen molar-refractivity contribution in [2.24, 2.45) is 0 Å². The normalized spacial score (nSPS) is 38.7. The van der Waals surface area contributed by atoms with E-state index >= 15 is 0 Å². The van der Waals surface area contributed by atoms with Crippen molar-refractivity contribution in [2.75, 3.05) is 0 Å². The van der Waals surface area contributed by atoms with Crippen LogP contribution < -0.4 is 0 Å². The molecule has 0 radical (unpaired) electrons. The molecule has 2 N–H and O–H groups in total. The zero-order chi connectivity index (χ0) is 26.1. The first kappa shape index (κ1) is 28.8. The monoisotopic (exact) mass is 492 g/mol. The molecule has 0 aromatic rings. The first-order valence-corrected chi connectivity index (χ1v) is 13.9. The predicted octanol–water partition coefficient (Wildman–Crippen LogP) is 6.40. The summed E-state index contributed by atoms with van der Waals surface area (Å²) < 4.78 is 19.8. The average molecular weight is 493 g/mol. The molecule has 0 bridgehead atoms. The Morgan fingerprint density at radius 1 is 0.743 bits per heavy atom. The lowest BCUT2D eigenvalue weighted by molar-refractivity contribution is -0.199. The Bertz CT molecular complexity index is 712. The van der Waals surface area contributed by atoms with Crippen LogP contribution in [0.5, 0.6) is 0 Å². The number of ether oxygens (including phenoxy) is 3. The summed E-state index contributed by atoms with van der Waals surface area (Å²) in [4.78, 5) is 0. The average Bonchev–Trinajstić information content (AvgIpc) is 3.46. The minimum Gasteiger partial charge on any atom is -0.387 e. The van der Waals surface area contributed by atoms with Crippen molar-refractivity contribution in [1.29, 1.82) is 0 Å². The predicted molar refractivity (Wildman–Crippen MR) is 141 cm³/mol. The van der Waals surface area contributed by atoms with Crippen LogP contribution in [-0.4, -0.2) is 57.0 Å². The van der Waals surface area contributed by atoms with Gasteiger partial charge in [0.25, 0.3) is 0 Å². The molecule has 35 heavy (non-hydrogen) atoms. The number of rotatable bonds is 10. The Kier molecular flexibility index (Phi) is 9.02. The van der Waals surface area contributed by atoms with Crippen LogP contribution in [0.3, 0.4) is 0 Å². The molecule has 0 aliphatic carbocycles. The molecule has 5 nitrogen and oxygen atoms in total. The Hall–Kier alpha value is -0.720. The molecular weight excluding hydrogens is 440 g/mol. The number of aliphatic hydroxyl groups is 2. The van der Waals surface area contributed by atoms with Crippen LogP contribution in [0.4, 0.5) is 0 Å². The lowest BCUT2D eigenvalue weighted by Gasteiger charge is -2.38. The maximum absolute atomic E-state index is 11.1. The molecule has 0 saturated carbocycles. The molecule has 202 valence electrons. The molecule has 5 heteroatoms. The zero-order valence-electron chi connectivity index (χ0n) is 23.7. The maximum atomic E-state index is 11.1. The van der Waals surface area contributed by atoms with Crippen LogP contribution >= 0.6 is 0 Å². The van der Waals surface area contributed by atoms with E-state index in [2.05, 4.69) is 53.7 Å². The highest BCUT2D eigenvalue weighted by Gasteiger charge is 2.55. The van der Waals surface area contributed by atoms with Crippen LogP contribution in [0.25, 0.3) is 0 Å². The fourth-order valence-electron chi connectivity index (χ4n) is 6.23. The zero-order valence-corrected chi connectivity index (χ0v) is 23.7. The summed E-state index contributed by atoms with van der Waals surface area (Å²) in [5, 5.41) is 22.2. The van der Waals surface area contributed by atoms with E-state index in [4.69, 9.17) is 14.2 Å². The summed E-state index contributed by atoms with van der Waals surface area (Å²) in [6.07, 6.45) is 12.5. The molecule has 0 aromatic carbocycles. The Labute approximate surface area is 214 Å². The third kappa shape index (κ3) is 6.98. The molecule has 3 saturated heterocycles. The van der Waals surface area contributed by atoms with Crippen LogP contribution in [-0.2, 0) is 14.2 Å². The van der Waals surface area contributed by atoms with Crippen LogP contribution in [0.2, 0.25) is 0 Å². The van der Waals surface area contributed by atoms with Gasteiger partial charge in [0.05, 0.1) is 46.8 Å². The van der Waals surface area contributed by atoms with Gasteiger partial charge in [0, 0.05) is 0 Å². The molecule has 0 amide bonds. The van der Waals surface area contributed by atoms with Gasteiger partial charge in [-0.15, -0.1) is 0 Å². The largest absolute Gasteiger partial charge is 0.387 e. The van der Waals surface area contributed by atoms with Crippen LogP contribution in [0.15, 0.2) is 23.3 Å². The molecule has 3 fully saturated rings. The van der Waals surface area contributed by atoms with E-state index < -0.39 is 11.2 Å². The fourth-order valence-corrected chi connectivity index (χ4v) is 6.23. The lowest BCUT2D eigenvalue weighted by Crippen LogP contribution is -2.47. The highest BCUT2D eigenvalue weighted by Crippen LogP contribution is 2.48.